The van der Waals surface area contributed by atoms with Crippen molar-refractivity contribution in [3.63, 3.8) is 0 Å². The van der Waals surface area contributed by atoms with E-state index in [1.807, 2.05) is 19.2 Å². The normalized spacial score (nSPS) is 27.8. The Balaban J connectivity index is 1.82. The van der Waals surface area contributed by atoms with Gasteiger partial charge in [0.25, 0.3) is 5.92 Å². The molecule has 1 heterocycles. The molecule has 0 radical (unpaired) electrons. The van der Waals surface area contributed by atoms with Gasteiger partial charge in [0.15, 0.2) is 0 Å². The third-order valence-electron chi connectivity index (χ3n) is 5.62. The van der Waals surface area contributed by atoms with Crippen molar-refractivity contribution in [3.8, 4) is 0 Å². The van der Waals surface area contributed by atoms with Crippen molar-refractivity contribution in [2.45, 2.75) is 51.6 Å². The van der Waals surface area contributed by atoms with E-state index in [1.165, 1.54) is 7.11 Å². The Hall–Kier alpha value is -2.04. The number of nitrogens with zero attached hydrogens (tertiary/aromatic N) is 1. The number of ether oxygens (including phenoxy) is 2. The molecule has 1 aliphatic heterocycles. The average Bonchev–Trinajstić information content (AvgIpc) is 2.90. The summed E-state index contributed by atoms with van der Waals surface area (Å²) in [6, 6.07) is 0. The number of alkyl halides is 2. The molecule has 0 aromatic heterocycles. The zero-order chi connectivity index (χ0) is 19.6. The van der Waals surface area contributed by atoms with Crippen LogP contribution in [0.2, 0.25) is 0 Å². The molecule has 4 nitrogen and oxygen atoms in total. The maximum atomic E-state index is 13.7. The van der Waals surface area contributed by atoms with Crippen molar-refractivity contribution in [1.82, 2.24) is 0 Å². The van der Waals surface area contributed by atoms with E-state index in [0.717, 1.165) is 36.5 Å². The summed E-state index contributed by atoms with van der Waals surface area (Å²) in [4.78, 5) is 15.6. The topological polar surface area (TPSA) is 47.9 Å². The lowest BCUT2D eigenvalue weighted by atomic mass is 9.74. The molecule has 3 aliphatic rings. The van der Waals surface area contributed by atoms with Gasteiger partial charge < -0.3 is 9.47 Å². The highest BCUT2D eigenvalue weighted by molar-refractivity contribution is 5.70. The molecule has 3 rings (SSSR count). The van der Waals surface area contributed by atoms with Gasteiger partial charge in [-0.1, -0.05) is 13.0 Å². The SMILES string of the molecule is COC(=O)COC1CCC2=C1C=C=NC=C2C1CCC(C(C)(F)F)=CC1C. The minimum absolute atomic E-state index is 0.00270. The summed E-state index contributed by atoms with van der Waals surface area (Å²) in [5, 5.41) is 0. The van der Waals surface area contributed by atoms with E-state index in [1.54, 1.807) is 6.08 Å². The highest BCUT2D eigenvalue weighted by Crippen LogP contribution is 2.45. The van der Waals surface area contributed by atoms with Crippen LogP contribution in [0.5, 0.6) is 0 Å². The standard InChI is InChI=1S/C21H25F2NO3/c1-13-10-14(21(2,22)23)4-5-15(13)18-11-24-9-8-17-16(18)6-7-19(17)27-12-20(25)26-3/h8,10-11,13,15,19H,4-7,12H2,1-3H3. The van der Waals surface area contributed by atoms with E-state index >= 15 is 0 Å². The summed E-state index contributed by atoms with van der Waals surface area (Å²) in [7, 11) is 1.33. The number of carbonyl (C=O) groups is 1. The monoisotopic (exact) mass is 377 g/mol. The largest absolute Gasteiger partial charge is 0.467 e. The predicted octanol–water partition coefficient (Wildman–Crippen LogP) is 4.39. The van der Waals surface area contributed by atoms with Crippen molar-refractivity contribution in [2.24, 2.45) is 16.8 Å². The first kappa shape index (κ1) is 19.7. The van der Waals surface area contributed by atoms with Crippen LogP contribution in [-0.2, 0) is 14.3 Å². The third kappa shape index (κ3) is 4.28. The van der Waals surface area contributed by atoms with Crippen LogP contribution in [0.25, 0.3) is 0 Å². The van der Waals surface area contributed by atoms with E-state index in [0.29, 0.717) is 12.8 Å². The predicted molar refractivity (Wildman–Crippen MR) is 98.7 cm³/mol. The van der Waals surface area contributed by atoms with Crippen LogP contribution in [0, 0.1) is 11.8 Å². The number of allylic oxidation sites excluding steroid dienone is 4. The van der Waals surface area contributed by atoms with Gasteiger partial charge in [0, 0.05) is 19.2 Å². The molecule has 0 N–H and O–H groups in total. The number of carbonyl (C=O) groups excluding carboxylic acids is 1. The van der Waals surface area contributed by atoms with Gasteiger partial charge in [-0.3, -0.25) is 0 Å². The van der Waals surface area contributed by atoms with Crippen molar-refractivity contribution in [3.05, 3.63) is 40.6 Å². The minimum atomic E-state index is -2.76. The first-order valence-electron chi connectivity index (χ1n) is 9.30. The molecule has 2 aliphatic carbocycles. The molecule has 0 saturated heterocycles. The Bertz CT molecular complexity index is 767. The van der Waals surface area contributed by atoms with Gasteiger partial charge >= 0.3 is 5.97 Å². The fourth-order valence-corrected chi connectivity index (χ4v) is 4.17. The number of esters is 1. The maximum Gasteiger partial charge on any atom is 0.331 e. The fraction of sp³-hybridized carbons (Fsp3) is 0.571. The molecule has 27 heavy (non-hydrogen) atoms. The summed E-state index contributed by atoms with van der Waals surface area (Å²) in [6.07, 6.45) is 7.77. The van der Waals surface area contributed by atoms with Gasteiger partial charge in [-0.2, -0.15) is 0 Å². The second kappa shape index (κ2) is 7.91. The van der Waals surface area contributed by atoms with Gasteiger partial charge in [0.2, 0.25) is 0 Å². The van der Waals surface area contributed by atoms with Crippen LogP contribution >= 0.6 is 0 Å². The van der Waals surface area contributed by atoms with E-state index in [9.17, 15) is 13.6 Å². The zero-order valence-electron chi connectivity index (χ0n) is 15.9. The summed E-state index contributed by atoms with van der Waals surface area (Å²) in [5.74, 6) is -0.134. The number of hydrogen-bond acceptors (Lipinski definition) is 4. The molecular formula is C21H25F2NO3. The Morgan fingerprint density at radius 3 is 2.81 bits per heavy atom. The van der Waals surface area contributed by atoms with Crippen molar-refractivity contribution >= 4 is 11.8 Å². The van der Waals surface area contributed by atoms with Crippen LogP contribution < -0.4 is 0 Å². The average molecular weight is 377 g/mol. The molecule has 3 atom stereocenters. The quantitative estimate of drug-likeness (QED) is 0.527. The smallest absolute Gasteiger partial charge is 0.331 e. The molecule has 3 unspecified atom stereocenters. The number of aliphatic imine (C=N–C) groups is 1. The second-order valence-electron chi connectivity index (χ2n) is 7.42. The Morgan fingerprint density at radius 2 is 2.15 bits per heavy atom. The van der Waals surface area contributed by atoms with Crippen LogP contribution in [0.4, 0.5) is 8.78 Å². The first-order valence-corrected chi connectivity index (χ1v) is 9.30. The number of rotatable bonds is 5. The number of methoxy groups -OCH3 is 1. The van der Waals surface area contributed by atoms with E-state index < -0.39 is 11.9 Å². The van der Waals surface area contributed by atoms with Crippen molar-refractivity contribution in [2.75, 3.05) is 13.7 Å². The Kier molecular flexibility index (Phi) is 5.78. The lowest BCUT2D eigenvalue weighted by Gasteiger charge is -2.32. The molecule has 0 fully saturated rings. The lowest BCUT2D eigenvalue weighted by molar-refractivity contribution is -0.147. The minimum Gasteiger partial charge on any atom is -0.467 e. The molecule has 0 aromatic rings. The zero-order valence-corrected chi connectivity index (χ0v) is 15.9. The van der Waals surface area contributed by atoms with Gasteiger partial charge in [-0.05, 0) is 65.7 Å². The maximum absolute atomic E-state index is 13.7. The van der Waals surface area contributed by atoms with Gasteiger partial charge in [-0.15, -0.1) is 0 Å². The molecule has 146 valence electrons. The summed E-state index contributed by atoms with van der Waals surface area (Å²) in [6.45, 7) is 2.85. The highest BCUT2D eigenvalue weighted by atomic mass is 19.3. The highest BCUT2D eigenvalue weighted by Gasteiger charge is 2.37. The van der Waals surface area contributed by atoms with Gasteiger partial charge in [0.1, 0.15) is 6.61 Å². The fourth-order valence-electron chi connectivity index (χ4n) is 4.17. The summed E-state index contributed by atoms with van der Waals surface area (Å²) >= 11 is 0. The molecule has 6 heteroatoms. The molecule has 0 amide bonds. The lowest BCUT2D eigenvalue weighted by Crippen LogP contribution is -2.24. The van der Waals surface area contributed by atoms with Crippen molar-refractivity contribution in [1.29, 1.82) is 0 Å². The molecule has 0 saturated carbocycles. The Morgan fingerprint density at radius 1 is 1.37 bits per heavy atom. The van der Waals surface area contributed by atoms with E-state index in [2.05, 4.69) is 15.6 Å². The molecule has 0 spiro atoms. The van der Waals surface area contributed by atoms with E-state index in [4.69, 9.17) is 4.74 Å². The van der Waals surface area contributed by atoms with Crippen LogP contribution in [-0.4, -0.2) is 37.6 Å². The van der Waals surface area contributed by atoms with Crippen LogP contribution in [0.3, 0.4) is 0 Å². The number of hydrogen-bond donors (Lipinski definition) is 0. The Labute approximate surface area is 158 Å². The van der Waals surface area contributed by atoms with Crippen molar-refractivity contribution < 1.29 is 23.0 Å². The second-order valence-corrected chi connectivity index (χ2v) is 7.42. The molecule has 0 aromatic carbocycles. The number of halogens is 2. The molecular weight excluding hydrogens is 352 g/mol. The van der Waals surface area contributed by atoms with Crippen LogP contribution in [0.15, 0.2) is 45.6 Å². The summed E-state index contributed by atoms with van der Waals surface area (Å²) in [5.41, 5.74) is 3.43. The molecule has 0 bridgehead atoms. The third-order valence-corrected chi connectivity index (χ3v) is 5.62. The van der Waals surface area contributed by atoms with Gasteiger partial charge in [0.05, 0.1) is 13.2 Å². The van der Waals surface area contributed by atoms with E-state index in [-0.39, 0.29) is 30.1 Å². The summed E-state index contributed by atoms with van der Waals surface area (Å²) < 4.78 is 37.7. The van der Waals surface area contributed by atoms with Gasteiger partial charge in [-0.25, -0.2) is 18.6 Å². The van der Waals surface area contributed by atoms with Crippen LogP contribution in [0.1, 0.15) is 39.5 Å². The first-order chi connectivity index (χ1) is 12.8.